The third kappa shape index (κ3) is 4.21. The van der Waals surface area contributed by atoms with E-state index in [4.69, 9.17) is 9.47 Å². The minimum absolute atomic E-state index is 0.0923. The first-order valence-electron chi connectivity index (χ1n) is 11.1. The van der Waals surface area contributed by atoms with Crippen LogP contribution in [0.2, 0.25) is 0 Å². The van der Waals surface area contributed by atoms with Gasteiger partial charge in [-0.05, 0) is 30.3 Å². The number of hydrogen-bond acceptors (Lipinski definition) is 6. The summed E-state index contributed by atoms with van der Waals surface area (Å²) in [5, 5.41) is 0. The third-order valence-corrected chi connectivity index (χ3v) is 8.19. The third-order valence-electron chi connectivity index (χ3n) is 6.30. The van der Waals surface area contributed by atoms with Crippen LogP contribution in [-0.4, -0.2) is 75.4 Å². The molecule has 0 aromatic heterocycles. The second-order valence-corrected chi connectivity index (χ2v) is 10.4. The minimum Gasteiger partial charge on any atom is -0.486 e. The smallest absolute Gasteiger partial charge is 0.243 e. The molecule has 11 heteroatoms. The standard InChI is InChI=1S/C23H24FN3O6S/c24-17-2-1-3-19(13-17)34(30,31)26-8-6-25(7-9-26)23(29)16-12-22(28)27(15-16)18-4-5-20-21(14-18)33-11-10-32-20/h1-5,13-14,16H,6-12,15H2/t16-/m1/s1. The molecule has 2 aromatic rings. The van der Waals surface area contributed by atoms with Gasteiger partial charge in [-0.15, -0.1) is 0 Å². The van der Waals surface area contributed by atoms with E-state index >= 15 is 0 Å². The molecule has 0 saturated carbocycles. The zero-order valence-electron chi connectivity index (χ0n) is 18.4. The van der Waals surface area contributed by atoms with Crippen molar-refractivity contribution in [3.05, 3.63) is 48.3 Å². The number of amides is 2. The lowest BCUT2D eigenvalue weighted by Gasteiger charge is -2.35. The Bertz CT molecular complexity index is 1230. The van der Waals surface area contributed by atoms with Crippen LogP contribution in [-0.2, 0) is 19.6 Å². The number of ether oxygens (including phenoxy) is 2. The molecule has 3 heterocycles. The molecule has 2 amide bonds. The van der Waals surface area contributed by atoms with E-state index in [0.29, 0.717) is 30.4 Å². The van der Waals surface area contributed by atoms with E-state index in [9.17, 15) is 22.4 Å². The molecular weight excluding hydrogens is 465 g/mol. The molecule has 0 spiro atoms. The highest BCUT2D eigenvalue weighted by molar-refractivity contribution is 7.89. The van der Waals surface area contributed by atoms with Crippen LogP contribution < -0.4 is 14.4 Å². The summed E-state index contributed by atoms with van der Waals surface area (Å²) in [7, 11) is -3.84. The van der Waals surface area contributed by atoms with Crippen LogP contribution in [0.5, 0.6) is 11.5 Å². The first kappa shape index (κ1) is 22.6. The van der Waals surface area contributed by atoms with Crippen LogP contribution in [0.1, 0.15) is 6.42 Å². The average molecular weight is 490 g/mol. The molecule has 9 nitrogen and oxygen atoms in total. The monoisotopic (exact) mass is 489 g/mol. The number of carbonyl (C=O) groups is 2. The van der Waals surface area contributed by atoms with Crippen molar-refractivity contribution in [1.82, 2.24) is 9.21 Å². The highest BCUT2D eigenvalue weighted by atomic mass is 32.2. The van der Waals surface area contributed by atoms with E-state index in [1.165, 1.54) is 22.5 Å². The zero-order valence-corrected chi connectivity index (χ0v) is 19.2. The van der Waals surface area contributed by atoms with E-state index < -0.39 is 21.8 Å². The van der Waals surface area contributed by atoms with Crippen molar-refractivity contribution in [2.75, 3.05) is 50.8 Å². The van der Waals surface area contributed by atoms with Gasteiger partial charge >= 0.3 is 0 Å². The fraction of sp³-hybridized carbons (Fsp3) is 0.391. The molecule has 0 radical (unpaired) electrons. The summed E-state index contributed by atoms with van der Waals surface area (Å²) in [6.07, 6.45) is 0.0923. The molecule has 0 N–H and O–H groups in total. The Morgan fingerprint density at radius 1 is 0.971 bits per heavy atom. The summed E-state index contributed by atoms with van der Waals surface area (Å²) in [4.78, 5) is 28.9. The highest BCUT2D eigenvalue weighted by Crippen LogP contribution is 2.36. The number of halogens is 1. The highest BCUT2D eigenvalue weighted by Gasteiger charge is 2.39. The first-order chi connectivity index (χ1) is 16.3. The summed E-state index contributed by atoms with van der Waals surface area (Å²) < 4.78 is 51.5. The number of sulfonamides is 1. The number of benzene rings is 2. The Hall–Kier alpha value is -3.18. The number of nitrogens with zero attached hydrogens (tertiary/aromatic N) is 3. The van der Waals surface area contributed by atoms with Crippen LogP contribution in [0.15, 0.2) is 47.4 Å². The van der Waals surface area contributed by atoms with Crippen molar-refractivity contribution in [2.45, 2.75) is 11.3 Å². The second-order valence-electron chi connectivity index (χ2n) is 8.42. The van der Waals surface area contributed by atoms with Gasteiger partial charge in [-0.3, -0.25) is 9.59 Å². The number of rotatable bonds is 4. The number of fused-ring (bicyclic) bond motifs is 1. The van der Waals surface area contributed by atoms with E-state index in [1.807, 2.05) is 0 Å². The molecule has 34 heavy (non-hydrogen) atoms. The minimum atomic E-state index is -3.84. The molecule has 3 aliphatic rings. The lowest BCUT2D eigenvalue weighted by molar-refractivity contribution is -0.136. The summed E-state index contributed by atoms with van der Waals surface area (Å²) in [5.74, 6) is -0.253. The fourth-order valence-corrected chi connectivity index (χ4v) is 5.96. The number of carbonyl (C=O) groups excluding carboxylic acids is 2. The molecule has 2 fully saturated rings. The Kier molecular flexibility index (Phi) is 5.90. The zero-order chi connectivity index (χ0) is 23.9. The van der Waals surface area contributed by atoms with Crippen LogP contribution in [0.4, 0.5) is 10.1 Å². The molecule has 0 aliphatic carbocycles. The summed E-state index contributed by atoms with van der Waals surface area (Å²) >= 11 is 0. The van der Waals surface area contributed by atoms with Gasteiger partial charge in [0.2, 0.25) is 21.8 Å². The van der Waals surface area contributed by atoms with Gasteiger partial charge in [0.1, 0.15) is 19.0 Å². The van der Waals surface area contributed by atoms with E-state index in [0.717, 1.165) is 6.07 Å². The van der Waals surface area contributed by atoms with Gasteiger partial charge in [0.05, 0.1) is 10.8 Å². The van der Waals surface area contributed by atoms with E-state index in [-0.39, 0.29) is 55.9 Å². The SMILES string of the molecule is O=C([C@@H]1CC(=O)N(c2ccc3c(c2)OCCO3)C1)N1CCN(S(=O)(=O)c2cccc(F)c2)CC1. The quantitative estimate of drug-likeness (QED) is 0.646. The van der Waals surface area contributed by atoms with Gasteiger partial charge in [0.15, 0.2) is 11.5 Å². The Balaban J connectivity index is 1.22. The Morgan fingerprint density at radius 3 is 2.44 bits per heavy atom. The lowest BCUT2D eigenvalue weighted by Crippen LogP contribution is -2.52. The average Bonchev–Trinajstić information content (AvgIpc) is 3.25. The van der Waals surface area contributed by atoms with Crippen LogP contribution >= 0.6 is 0 Å². The van der Waals surface area contributed by atoms with Crippen LogP contribution in [0.3, 0.4) is 0 Å². The van der Waals surface area contributed by atoms with E-state index in [2.05, 4.69) is 0 Å². The maximum atomic E-state index is 13.5. The number of hydrogen-bond donors (Lipinski definition) is 0. The van der Waals surface area contributed by atoms with Gasteiger partial charge in [0.25, 0.3) is 0 Å². The van der Waals surface area contributed by atoms with Gasteiger partial charge in [-0.25, -0.2) is 12.8 Å². The Morgan fingerprint density at radius 2 is 1.71 bits per heavy atom. The van der Waals surface area contributed by atoms with E-state index in [1.54, 1.807) is 28.0 Å². The lowest BCUT2D eigenvalue weighted by atomic mass is 10.1. The fourth-order valence-electron chi connectivity index (χ4n) is 4.51. The second kappa shape index (κ2) is 8.88. The van der Waals surface area contributed by atoms with Gasteiger partial charge < -0.3 is 19.3 Å². The van der Waals surface area contributed by atoms with Gasteiger partial charge in [-0.2, -0.15) is 4.31 Å². The summed E-state index contributed by atoms with van der Waals surface area (Å²) in [6.45, 7) is 1.80. The Labute approximate surface area is 196 Å². The van der Waals surface area contributed by atoms with Crippen molar-refractivity contribution in [3.63, 3.8) is 0 Å². The molecule has 1 atom stereocenters. The largest absolute Gasteiger partial charge is 0.486 e. The van der Waals surface area contributed by atoms with Crippen LogP contribution in [0.25, 0.3) is 0 Å². The molecule has 0 bridgehead atoms. The van der Waals surface area contributed by atoms with Crippen molar-refractivity contribution in [1.29, 1.82) is 0 Å². The summed E-state index contributed by atoms with van der Waals surface area (Å²) in [6, 6.07) is 10.2. The molecule has 180 valence electrons. The molecule has 5 rings (SSSR count). The summed E-state index contributed by atoms with van der Waals surface area (Å²) in [5.41, 5.74) is 0.649. The first-order valence-corrected chi connectivity index (χ1v) is 12.5. The van der Waals surface area contributed by atoms with Gasteiger partial charge in [-0.1, -0.05) is 6.07 Å². The van der Waals surface area contributed by atoms with Crippen molar-refractivity contribution >= 4 is 27.5 Å². The number of anilines is 1. The molecule has 2 aromatic carbocycles. The predicted octanol–water partition coefficient (Wildman–Crippen LogP) is 1.48. The maximum Gasteiger partial charge on any atom is 0.243 e. The molecule has 0 unspecified atom stereocenters. The normalized spacial score (nSPS) is 21.1. The van der Waals surface area contributed by atoms with Crippen molar-refractivity contribution in [3.8, 4) is 11.5 Å². The van der Waals surface area contributed by atoms with Crippen molar-refractivity contribution < 1.29 is 31.9 Å². The molecular formula is C23H24FN3O6S. The topological polar surface area (TPSA) is 96.5 Å². The van der Waals surface area contributed by atoms with Crippen molar-refractivity contribution in [2.24, 2.45) is 5.92 Å². The molecule has 3 aliphatic heterocycles. The molecule has 2 saturated heterocycles. The number of piperazine rings is 1. The maximum absolute atomic E-state index is 13.5. The predicted molar refractivity (Wildman–Crippen MR) is 120 cm³/mol. The van der Waals surface area contributed by atoms with Crippen LogP contribution in [0, 0.1) is 11.7 Å². The van der Waals surface area contributed by atoms with Gasteiger partial charge in [0, 0.05) is 50.9 Å².